The molecule has 2 rings (SSSR count). The fourth-order valence-corrected chi connectivity index (χ4v) is 2.25. The Morgan fingerprint density at radius 1 is 1.20 bits per heavy atom. The van der Waals surface area contributed by atoms with Gasteiger partial charge in [0.1, 0.15) is 0 Å². The highest BCUT2D eigenvalue weighted by atomic mass is 16.3. The minimum absolute atomic E-state index is 0.0178. The Bertz CT molecular complexity index is 619. The third-order valence-electron chi connectivity index (χ3n) is 3.22. The Morgan fingerprint density at radius 3 is 2.70 bits per heavy atom. The van der Waals surface area contributed by atoms with Gasteiger partial charge in [-0.1, -0.05) is 26.0 Å². The summed E-state index contributed by atoms with van der Waals surface area (Å²) < 4.78 is 1.93. The molecule has 20 heavy (non-hydrogen) atoms. The van der Waals surface area contributed by atoms with Crippen LogP contribution in [0.4, 0.5) is 0 Å². The van der Waals surface area contributed by atoms with E-state index < -0.39 is 6.10 Å². The van der Waals surface area contributed by atoms with Gasteiger partial charge in [0.25, 0.3) is 0 Å². The van der Waals surface area contributed by atoms with E-state index in [1.54, 1.807) is 12.3 Å². The minimum Gasteiger partial charge on any atom is -0.390 e. The van der Waals surface area contributed by atoms with E-state index in [2.05, 4.69) is 19.2 Å². The number of pyridine rings is 1. The Hall–Kier alpha value is -1.65. The van der Waals surface area contributed by atoms with Crippen molar-refractivity contribution in [2.24, 2.45) is 5.92 Å². The highest BCUT2D eigenvalue weighted by Crippen LogP contribution is 2.09. The van der Waals surface area contributed by atoms with Gasteiger partial charge in [-0.2, -0.15) is 0 Å². The van der Waals surface area contributed by atoms with Gasteiger partial charge in [-0.25, -0.2) is 0 Å². The molecule has 1 aromatic heterocycles. The van der Waals surface area contributed by atoms with E-state index in [-0.39, 0.29) is 5.43 Å². The molecule has 2 aromatic rings. The molecule has 1 atom stereocenters. The second-order valence-corrected chi connectivity index (χ2v) is 5.56. The van der Waals surface area contributed by atoms with E-state index >= 15 is 0 Å². The number of hydrogen-bond donors (Lipinski definition) is 2. The zero-order valence-corrected chi connectivity index (χ0v) is 12.0. The molecule has 0 fully saturated rings. The van der Waals surface area contributed by atoms with E-state index in [0.29, 0.717) is 24.4 Å². The average Bonchev–Trinajstić information content (AvgIpc) is 2.42. The molecule has 0 bridgehead atoms. The van der Waals surface area contributed by atoms with Crippen molar-refractivity contribution in [2.75, 3.05) is 13.1 Å². The number of nitrogens with one attached hydrogen (secondary N) is 1. The summed E-state index contributed by atoms with van der Waals surface area (Å²) in [4.78, 5) is 11.8. The van der Waals surface area contributed by atoms with Gasteiger partial charge in [0.2, 0.25) is 0 Å². The summed E-state index contributed by atoms with van der Waals surface area (Å²) in [6.45, 7) is 6.19. The van der Waals surface area contributed by atoms with Crippen LogP contribution < -0.4 is 10.7 Å². The van der Waals surface area contributed by atoms with Crippen molar-refractivity contribution >= 4 is 10.9 Å². The fourth-order valence-electron chi connectivity index (χ4n) is 2.25. The lowest BCUT2D eigenvalue weighted by Gasteiger charge is -2.16. The van der Waals surface area contributed by atoms with Crippen molar-refractivity contribution < 1.29 is 5.11 Å². The third-order valence-corrected chi connectivity index (χ3v) is 3.22. The fraction of sp³-hybridized carbons (Fsp3) is 0.438. The number of aromatic nitrogens is 1. The lowest BCUT2D eigenvalue weighted by molar-refractivity contribution is 0.152. The SMILES string of the molecule is CC(C)CNCC(O)Cn1ccc(=O)c2ccccc21. The van der Waals surface area contributed by atoms with Gasteiger partial charge in [-0.15, -0.1) is 0 Å². The second-order valence-electron chi connectivity index (χ2n) is 5.56. The summed E-state index contributed by atoms with van der Waals surface area (Å²) >= 11 is 0. The number of nitrogens with zero attached hydrogens (tertiary/aromatic N) is 1. The number of aliphatic hydroxyl groups excluding tert-OH is 1. The first-order chi connectivity index (χ1) is 9.58. The monoisotopic (exact) mass is 274 g/mol. The molecule has 1 heterocycles. The van der Waals surface area contributed by atoms with E-state index in [1.165, 1.54) is 0 Å². The van der Waals surface area contributed by atoms with Crippen molar-refractivity contribution in [3.05, 3.63) is 46.8 Å². The minimum atomic E-state index is -0.473. The van der Waals surface area contributed by atoms with Gasteiger partial charge in [0, 0.05) is 30.7 Å². The quantitative estimate of drug-likeness (QED) is 0.841. The number of benzene rings is 1. The maximum atomic E-state index is 11.8. The number of fused-ring (bicyclic) bond motifs is 1. The lowest BCUT2D eigenvalue weighted by Crippen LogP contribution is -2.32. The zero-order valence-electron chi connectivity index (χ0n) is 12.0. The lowest BCUT2D eigenvalue weighted by atomic mass is 10.2. The molecule has 0 radical (unpaired) electrons. The molecule has 0 aliphatic rings. The normalized spacial score (nSPS) is 13.0. The first-order valence-corrected chi connectivity index (χ1v) is 7.05. The van der Waals surface area contributed by atoms with Gasteiger partial charge in [-0.3, -0.25) is 4.79 Å². The van der Waals surface area contributed by atoms with Crippen LogP contribution in [0.25, 0.3) is 10.9 Å². The summed E-state index contributed by atoms with van der Waals surface area (Å²) in [6, 6.07) is 9.04. The number of para-hydroxylation sites is 1. The molecule has 0 aliphatic heterocycles. The van der Waals surface area contributed by atoms with E-state index in [1.807, 2.05) is 28.8 Å². The zero-order chi connectivity index (χ0) is 14.5. The third kappa shape index (κ3) is 3.68. The van der Waals surface area contributed by atoms with Crippen LogP contribution in [0.5, 0.6) is 0 Å². The van der Waals surface area contributed by atoms with Crippen LogP contribution in [0.15, 0.2) is 41.3 Å². The summed E-state index contributed by atoms with van der Waals surface area (Å²) in [5.41, 5.74) is 0.882. The predicted molar refractivity (Wildman–Crippen MR) is 81.9 cm³/mol. The van der Waals surface area contributed by atoms with Gasteiger partial charge in [0.05, 0.1) is 11.6 Å². The van der Waals surface area contributed by atoms with Crippen molar-refractivity contribution in [3.8, 4) is 0 Å². The molecule has 2 N–H and O–H groups in total. The highest BCUT2D eigenvalue weighted by Gasteiger charge is 2.08. The molecular formula is C16H22N2O2. The van der Waals surface area contributed by atoms with Crippen LogP contribution in [0, 0.1) is 5.92 Å². The van der Waals surface area contributed by atoms with Gasteiger partial charge >= 0.3 is 0 Å². The molecule has 1 aromatic carbocycles. The van der Waals surface area contributed by atoms with E-state index in [9.17, 15) is 9.90 Å². The Balaban J connectivity index is 2.10. The van der Waals surface area contributed by atoms with E-state index in [4.69, 9.17) is 0 Å². The standard InChI is InChI=1S/C16H22N2O2/c1-12(2)9-17-10-13(19)11-18-8-7-16(20)14-5-3-4-6-15(14)18/h3-8,12-13,17,19H,9-11H2,1-2H3. The van der Waals surface area contributed by atoms with Crippen molar-refractivity contribution in [2.45, 2.75) is 26.5 Å². The van der Waals surface area contributed by atoms with Crippen LogP contribution in [0.3, 0.4) is 0 Å². The number of rotatable bonds is 6. The maximum absolute atomic E-state index is 11.8. The molecule has 0 saturated carbocycles. The van der Waals surface area contributed by atoms with Gasteiger partial charge in [-0.05, 0) is 24.6 Å². The Kier molecular flexibility index (Phi) is 4.93. The first-order valence-electron chi connectivity index (χ1n) is 7.05. The maximum Gasteiger partial charge on any atom is 0.189 e. The van der Waals surface area contributed by atoms with E-state index in [0.717, 1.165) is 12.1 Å². The van der Waals surface area contributed by atoms with Gasteiger partial charge in [0.15, 0.2) is 5.43 Å². The molecule has 1 unspecified atom stereocenters. The molecule has 0 spiro atoms. The molecule has 108 valence electrons. The van der Waals surface area contributed by atoms with Crippen LogP contribution >= 0.6 is 0 Å². The van der Waals surface area contributed by atoms with Crippen molar-refractivity contribution in [3.63, 3.8) is 0 Å². The van der Waals surface area contributed by atoms with Crippen molar-refractivity contribution in [1.82, 2.24) is 9.88 Å². The summed E-state index contributed by atoms with van der Waals surface area (Å²) in [5, 5.41) is 14.0. The number of hydrogen-bond acceptors (Lipinski definition) is 3. The summed E-state index contributed by atoms with van der Waals surface area (Å²) in [5.74, 6) is 0.565. The van der Waals surface area contributed by atoms with Crippen LogP contribution in [-0.2, 0) is 6.54 Å². The molecule has 0 amide bonds. The van der Waals surface area contributed by atoms with Crippen molar-refractivity contribution in [1.29, 1.82) is 0 Å². The molecule has 4 heteroatoms. The van der Waals surface area contributed by atoms with Gasteiger partial charge < -0.3 is 15.0 Å². The molecular weight excluding hydrogens is 252 g/mol. The van der Waals surface area contributed by atoms with Crippen LogP contribution in [0.1, 0.15) is 13.8 Å². The topological polar surface area (TPSA) is 54.3 Å². The predicted octanol–water partition coefficient (Wildman–Crippen LogP) is 1.61. The summed E-state index contributed by atoms with van der Waals surface area (Å²) in [6.07, 6.45) is 1.27. The highest BCUT2D eigenvalue weighted by molar-refractivity contribution is 5.78. The molecule has 0 saturated heterocycles. The van der Waals surface area contributed by atoms with Crippen LogP contribution in [-0.4, -0.2) is 28.9 Å². The Labute approximate surface area is 119 Å². The first kappa shape index (κ1) is 14.8. The summed E-state index contributed by atoms with van der Waals surface area (Å²) in [7, 11) is 0. The average molecular weight is 274 g/mol. The Morgan fingerprint density at radius 2 is 1.95 bits per heavy atom. The molecule has 4 nitrogen and oxygen atoms in total. The largest absolute Gasteiger partial charge is 0.390 e. The molecule has 0 aliphatic carbocycles. The van der Waals surface area contributed by atoms with Crippen LogP contribution in [0.2, 0.25) is 0 Å². The smallest absolute Gasteiger partial charge is 0.189 e. The number of aliphatic hydroxyl groups is 1. The second kappa shape index (κ2) is 6.68.